The number of rotatable bonds is 7. The molecule has 2 aromatic carbocycles. The van der Waals surface area contributed by atoms with Crippen LogP contribution in [0, 0.1) is 0 Å². The number of hydrogen-bond acceptors (Lipinski definition) is 7. The summed E-state index contributed by atoms with van der Waals surface area (Å²) in [6, 6.07) is 13.7. The number of carbonyl (C=O) groups is 3. The lowest BCUT2D eigenvalue weighted by atomic mass is 9.95. The van der Waals surface area contributed by atoms with Crippen LogP contribution in [0.15, 0.2) is 72.6 Å². The van der Waals surface area contributed by atoms with Gasteiger partial charge in [0.1, 0.15) is 11.5 Å². The van der Waals surface area contributed by atoms with Crippen molar-refractivity contribution in [2.45, 2.75) is 19.5 Å². The van der Waals surface area contributed by atoms with Crippen LogP contribution in [-0.4, -0.2) is 46.4 Å². The molecule has 0 radical (unpaired) electrons. The number of ketones is 1. The van der Waals surface area contributed by atoms with E-state index in [0.29, 0.717) is 22.4 Å². The molecule has 1 atom stereocenters. The number of aromatic nitrogens is 1. The smallest absolute Gasteiger partial charge is 0.338 e. The molecule has 184 valence electrons. The molecule has 1 amide bonds. The van der Waals surface area contributed by atoms with Crippen molar-refractivity contribution < 1.29 is 29.0 Å². The maximum absolute atomic E-state index is 13.2. The molecule has 1 aromatic heterocycles. The molecule has 3 aromatic rings. The number of methoxy groups -OCH3 is 1. The van der Waals surface area contributed by atoms with Gasteiger partial charge in [0.2, 0.25) is 0 Å². The number of carbonyl (C=O) groups excluding carboxylic acids is 3. The van der Waals surface area contributed by atoms with Crippen molar-refractivity contribution >= 4 is 35.0 Å². The number of benzene rings is 2. The number of amides is 1. The van der Waals surface area contributed by atoms with Gasteiger partial charge in [0, 0.05) is 24.5 Å². The number of Topliss-reactive ketones (excluding diaryl/α,β-unsaturated/α-hetero) is 1. The van der Waals surface area contributed by atoms with E-state index < -0.39 is 29.5 Å². The molecule has 0 aliphatic carbocycles. The molecule has 9 heteroatoms. The van der Waals surface area contributed by atoms with Crippen LogP contribution in [0.25, 0.3) is 5.76 Å². The van der Waals surface area contributed by atoms with Gasteiger partial charge < -0.3 is 19.5 Å². The molecule has 1 saturated heterocycles. The third-order valence-electron chi connectivity index (χ3n) is 5.81. The highest BCUT2D eigenvalue weighted by Gasteiger charge is 2.46. The van der Waals surface area contributed by atoms with Gasteiger partial charge in [-0.05, 0) is 60.5 Å². The molecule has 0 saturated carbocycles. The lowest BCUT2D eigenvalue weighted by Gasteiger charge is -2.25. The Balaban J connectivity index is 1.78. The Hall–Kier alpha value is -4.17. The fourth-order valence-corrected chi connectivity index (χ4v) is 4.26. The highest BCUT2D eigenvalue weighted by molar-refractivity contribution is 6.47. The number of esters is 1. The molecule has 1 unspecified atom stereocenters. The van der Waals surface area contributed by atoms with E-state index in [-0.39, 0.29) is 29.3 Å². The van der Waals surface area contributed by atoms with E-state index in [9.17, 15) is 19.5 Å². The SMILES string of the molecule is CCOC(=O)c1ccc(CN2C(=O)C(=O)/C(=C(/O)c3cc(OC)ccc3Cl)C2c2ccncc2)cc1. The van der Waals surface area contributed by atoms with Crippen molar-refractivity contribution in [3.05, 3.63) is 99.8 Å². The van der Waals surface area contributed by atoms with E-state index in [1.54, 1.807) is 61.8 Å². The first-order chi connectivity index (χ1) is 17.3. The zero-order valence-electron chi connectivity index (χ0n) is 19.6. The van der Waals surface area contributed by atoms with Gasteiger partial charge in [-0.15, -0.1) is 0 Å². The minimum absolute atomic E-state index is 0.0588. The van der Waals surface area contributed by atoms with Crippen molar-refractivity contribution in [1.29, 1.82) is 0 Å². The summed E-state index contributed by atoms with van der Waals surface area (Å²) in [6.45, 7) is 2.04. The van der Waals surface area contributed by atoms with Crippen LogP contribution in [-0.2, 0) is 20.9 Å². The van der Waals surface area contributed by atoms with Crippen LogP contribution in [0.5, 0.6) is 5.75 Å². The van der Waals surface area contributed by atoms with Gasteiger partial charge in [0.15, 0.2) is 0 Å². The number of halogens is 1. The van der Waals surface area contributed by atoms with Gasteiger partial charge in [-0.1, -0.05) is 23.7 Å². The van der Waals surface area contributed by atoms with Crippen molar-refractivity contribution in [3.8, 4) is 5.75 Å². The third-order valence-corrected chi connectivity index (χ3v) is 6.14. The number of pyridine rings is 1. The van der Waals surface area contributed by atoms with Gasteiger partial charge in [-0.25, -0.2) is 4.79 Å². The summed E-state index contributed by atoms with van der Waals surface area (Å²) in [5.41, 5.74) is 1.73. The van der Waals surface area contributed by atoms with Gasteiger partial charge in [0.05, 0.1) is 35.9 Å². The zero-order chi connectivity index (χ0) is 25.8. The van der Waals surface area contributed by atoms with Crippen LogP contribution in [0.3, 0.4) is 0 Å². The first-order valence-electron chi connectivity index (χ1n) is 11.1. The minimum atomic E-state index is -0.889. The van der Waals surface area contributed by atoms with E-state index >= 15 is 0 Å². The highest BCUT2D eigenvalue weighted by Crippen LogP contribution is 2.41. The summed E-state index contributed by atoms with van der Waals surface area (Å²) in [5, 5.41) is 11.4. The molecule has 0 bridgehead atoms. The van der Waals surface area contributed by atoms with Crippen molar-refractivity contribution in [2.24, 2.45) is 0 Å². The molecule has 36 heavy (non-hydrogen) atoms. The Morgan fingerprint density at radius 3 is 2.42 bits per heavy atom. The second kappa shape index (κ2) is 10.6. The molecule has 1 N–H and O–H groups in total. The molecule has 1 aliphatic heterocycles. The summed E-state index contributed by atoms with van der Waals surface area (Å²) < 4.78 is 10.2. The standard InChI is InChI=1S/C27H23ClN2O6/c1-3-36-27(34)18-6-4-16(5-7-18)15-30-23(17-10-12-29-13-11-17)22(25(32)26(30)33)24(31)20-14-19(35-2)8-9-21(20)28/h4-14,23,31H,3,15H2,1-2H3/b24-22+. The van der Waals surface area contributed by atoms with E-state index in [1.165, 1.54) is 24.1 Å². The van der Waals surface area contributed by atoms with Crippen LogP contribution >= 0.6 is 11.6 Å². The monoisotopic (exact) mass is 506 g/mol. The maximum atomic E-state index is 13.2. The summed E-state index contributed by atoms with van der Waals surface area (Å²) in [4.78, 5) is 43.8. The zero-order valence-corrected chi connectivity index (χ0v) is 20.4. The predicted molar refractivity (Wildman–Crippen MR) is 132 cm³/mol. The third kappa shape index (κ3) is 4.81. The predicted octanol–water partition coefficient (Wildman–Crippen LogP) is 4.54. The van der Waals surface area contributed by atoms with Gasteiger partial charge >= 0.3 is 5.97 Å². The van der Waals surface area contributed by atoms with E-state index in [0.717, 1.165) is 0 Å². The van der Waals surface area contributed by atoms with Gasteiger partial charge in [-0.2, -0.15) is 0 Å². The molecule has 0 spiro atoms. The number of aliphatic hydroxyl groups excluding tert-OH is 1. The summed E-state index contributed by atoms with van der Waals surface area (Å²) in [5.74, 6) is -2.03. The minimum Gasteiger partial charge on any atom is -0.507 e. The first-order valence-corrected chi connectivity index (χ1v) is 11.5. The van der Waals surface area contributed by atoms with Crippen molar-refractivity contribution in [1.82, 2.24) is 9.88 Å². The summed E-state index contributed by atoms with van der Waals surface area (Å²) in [7, 11) is 1.47. The average Bonchev–Trinajstić information content (AvgIpc) is 3.14. The Morgan fingerprint density at radius 2 is 1.78 bits per heavy atom. The maximum Gasteiger partial charge on any atom is 0.338 e. The molecule has 1 aliphatic rings. The molecule has 4 rings (SSSR count). The number of nitrogens with zero attached hydrogens (tertiary/aromatic N) is 2. The molecule has 1 fully saturated rings. The van der Waals surface area contributed by atoms with E-state index in [2.05, 4.69) is 4.98 Å². The fourth-order valence-electron chi connectivity index (χ4n) is 4.05. The lowest BCUT2D eigenvalue weighted by Crippen LogP contribution is -2.29. The highest BCUT2D eigenvalue weighted by atomic mass is 35.5. The molecular weight excluding hydrogens is 484 g/mol. The fraction of sp³-hybridized carbons (Fsp3) is 0.185. The van der Waals surface area contributed by atoms with Gasteiger partial charge in [-0.3, -0.25) is 14.6 Å². The second-order valence-corrected chi connectivity index (χ2v) is 8.38. The lowest BCUT2D eigenvalue weighted by molar-refractivity contribution is -0.140. The largest absolute Gasteiger partial charge is 0.507 e. The van der Waals surface area contributed by atoms with E-state index in [1.807, 2.05) is 0 Å². The van der Waals surface area contributed by atoms with Crippen LogP contribution in [0.1, 0.15) is 40.0 Å². The van der Waals surface area contributed by atoms with Crippen LogP contribution in [0.2, 0.25) is 5.02 Å². The van der Waals surface area contributed by atoms with Crippen LogP contribution in [0.4, 0.5) is 0 Å². The summed E-state index contributed by atoms with van der Waals surface area (Å²) >= 11 is 6.33. The topological polar surface area (TPSA) is 106 Å². The van der Waals surface area contributed by atoms with Gasteiger partial charge in [0.25, 0.3) is 11.7 Å². The Bertz CT molecular complexity index is 1340. The first kappa shape index (κ1) is 24.9. The average molecular weight is 507 g/mol. The quantitative estimate of drug-likeness (QED) is 0.217. The number of likely N-dealkylation sites (tertiary alicyclic amines) is 1. The molecule has 8 nitrogen and oxygen atoms in total. The Morgan fingerprint density at radius 1 is 1.08 bits per heavy atom. The number of hydrogen-bond donors (Lipinski definition) is 1. The van der Waals surface area contributed by atoms with Crippen molar-refractivity contribution in [3.63, 3.8) is 0 Å². The Kier molecular flexibility index (Phi) is 7.36. The normalized spacial score (nSPS) is 16.8. The number of aliphatic hydroxyl groups is 1. The second-order valence-electron chi connectivity index (χ2n) is 7.97. The van der Waals surface area contributed by atoms with E-state index in [4.69, 9.17) is 21.1 Å². The molecular formula is C27H23ClN2O6. The van der Waals surface area contributed by atoms with Crippen molar-refractivity contribution in [2.75, 3.05) is 13.7 Å². The number of ether oxygens (including phenoxy) is 2. The van der Waals surface area contributed by atoms with Crippen LogP contribution < -0.4 is 4.74 Å². The summed E-state index contributed by atoms with van der Waals surface area (Å²) in [6.07, 6.45) is 3.09. The molecule has 2 heterocycles. The Labute approximate surface area is 212 Å².